The number of ether oxygens (including phenoxy) is 1. The molecular formula is C14H11N3O2S2. The number of rotatable bonds is 3. The summed E-state index contributed by atoms with van der Waals surface area (Å²) in [5.74, 6) is 0.600. The van der Waals surface area contributed by atoms with Crippen molar-refractivity contribution >= 4 is 45.4 Å². The van der Waals surface area contributed by atoms with E-state index in [2.05, 4.69) is 15.3 Å². The summed E-state index contributed by atoms with van der Waals surface area (Å²) in [6.45, 7) is 0. The zero-order valence-electron chi connectivity index (χ0n) is 11.1. The maximum absolute atomic E-state index is 11.9. The van der Waals surface area contributed by atoms with Crippen LogP contribution in [-0.4, -0.2) is 23.2 Å². The lowest BCUT2D eigenvalue weighted by molar-refractivity contribution is -0.115. The summed E-state index contributed by atoms with van der Waals surface area (Å²) < 4.78 is 5.17. The third kappa shape index (κ3) is 3.32. The summed E-state index contributed by atoms with van der Waals surface area (Å²) in [5.41, 5.74) is 0.905. The van der Waals surface area contributed by atoms with Gasteiger partial charge in [0.25, 0.3) is 5.91 Å². The van der Waals surface area contributed by atoms with E-state index in [1.165, 1.54) is 23.1 Å². The van der Waals surface area contributed by atoms with Gasteiger partial charge in [0.2, 0.25) is 5.13 Å². The molecule has 1 amide bonds. The molecule has 1 saturated heterocycles. The van der Waals surface area contributed by atoms with Gasteiger partial charge in [-0.2, -0.15) is 4.99 Å². The Balaban J connectivity index is 1.83. The van der Waals surface area contributed by atoms with Crippen molar-refractivity contribution < 1.29 is 9.53 Å². The van der Waals surface area contributed by atoms with Crippen molar-refractivity contribution in [2.75, 3.05) is 7.11 Å². The Morgan fingerprint density at radius 1 is 1.43 bits per heavy atom. The number of amidine groups is 1. The average molecular weight is 317 g/mol. The Labute approximate surface area is 129 Å². The number of carbonyl (C=O) groups excluding carboxylic acids is 1. The molecule has 0 unspecified atom stereocenters. The fourth-order valence-corrected chi connectivity index (χ4v) is 3.11. The number of amides is 1. The molecule has 21 heavy (non-hydrogen) atoms. The molecule has 106 valence electrons. The van der Waals surface area contributed by atoms with E-state index in [-0.39, 0.29) is 5.91 Å². The Kier molecular flexibility index (Phi) is 4.03. The minimum Gasteiger partial charge on any atom is -0.497 e. The second-order valence-electron chi connectivity index (χ2n) is 4.07. The summed E-state index contributed by atoms with van der Waals surface area (Å²) in [5, 5.41) is 5.74. The molecule has 2 aromatic rings. The molecule has 0 bridgehead atoms. The molecule has 1 fully saturated rings. The van der Waals surface area contributed by atoms with E-state index in [1.807, 2.05) is 35.7 Å². The number of thioether (sulfide) groups is 1. The van der Waals surface area contributed by atoms with E-state index >= 15 is 0 Å². The fourth-order valence-electron chi connectivity index (χ4n) is 1.72. The summed E-state index contributed by atoms with van der Waals surface area (Å²) in [4.78, 5) is 20.9. The largest absolute Gasteiger partial charge is 0.497 e. The van der Waals surface area contributed by atoms with Crippen molar-refractivity contribution in [3.8, 4) is 5.75 Å². The molecule has 3 rings (SSSR count). The number of aliphatic imine (C=N–C) groups is 1. The standard InChI is InChI=1S/C14H11N3O2S2/c1-19-10-4-2-3-9(7-10)8-11-12(18)16-14(21-11)17-13-15-5-6-20-13/h2-8H,1H3,(H,15,16,17,18). The molecule has 0 aliphatic carbocycles. The van der Waals surface area contributed by atoms with E-state index in [4.69, 9.17) is 4.74 Å². The number of methoxy groups -OCH3 is 1. The molecule has 1 aromatic heterocycles. The number of hydrogen-bond acceptors (Lipinski definition) is 6. The van der Waals surface area contributed by atoms with Gasteiger partial charge in [-0.25, -0.2) is 4.98 Å². The first kappa shape index (κ1) is 13.8. The number of nitrogens with one attached hydrogen (secondary N) is 1. The molecule has 0 radical (unpaired) electrons. The van der Waals surface area contributed by atoms with Crippen LogP contribution in [0.1, 0.15) is 5.56 Å². The molecule has 1 N–H and O–H groups in total. The SMILES string of the molecule is COc1cccc(C=C2S/C(=N\c3nccs3)NC2=O)c1. The molecule has 2 heterocycles. The van der Waals surface area contributed by atoms with Gasteiger partial charge in [0.15, 0.2) is 5.17 Å². The number of thiazole rings is 1. The maximum atomic E-state index is 11.9. The minimum atomic E-state index is -0.155. The highest BCUT2D eigenvalue weighted by Gasteiger charge is 2.24. The van der Waals surface area contributed by atoms with Crippen molar-refractivity contribution in [1.82, 2.24) is 10.3 Å². The van der Waals surface area contributed by atoms with Gasteiger partial charge in [-0.1, -0.05) is 12.1 Å². The molecule has 1 aliphatic heterocycles. The van der Waals surface area contributed by atoms with Crippen LogP contribution in [0, 0.1) is 0 Å². The Morgan fingerprint density at radius 2 is 2.33 bits per heavy atom. The topological polar surface area (TPSA) is 63.6 Å². The number of carbonyl (C=O) groups is 1. The first-order valence-corrected chi connectivity index (χ1v) is 7.77. The second-order valence-corrected chi connectivity index (χ2v) is 5.98. The molecule has 5 nitrogen and oxygen atoms in total. The van der Waals surface area contributed by atoms with E-state index < -0.39 is 0 Å². The average Bonchev–Trinajstić information content (AvgIpc) is 3.10. The van der Waals surface area contributed by atoms with Crippen LogP contribution in [0.5, 0.6) is 5.75 Å². The molecule has 1 aliphatic rings. The first-order chi connectivity index (χ1) is 10.2. The first-order valence-electron chi connectivity index (χ1n) is 6.08. The highest BCUT2D eigenvalue weighted by atomic mass is 32.2. The normalized spacial score (nSPS) is 18.2. The molecule has 7 heteroatoms. The predicted octanol–water partition coefficient (Wildman–Crippen LogP) is 3.04. The molecule has 0 spiro atoms. The van der Waals surface area contributed by atoms with E-state index in [9.17, 15) is 4.79 Å². The Hall–Kier alpha value is -2.12. The third-order valence-corrected chi connectivity index (χ3v) is 4.23. The highest BCUT2D eigenvalue weighted by molar-refractivity contribution is 8.18. The van der Waals surface area contributed by atoms with E-state index in [0.29, 0.717) is 15.2 Å². The van der Waals surface area contributed by atoms with Crippen LogP contribution in [0.3, 0.4) is 0 Å². The van der Waals surface area contributed by atoms with Crippen molar-refractivity contribution in [2.45, 2.75) is 0 Å². The smallest absolute Gasteiger partial charge is 0.264 e. The second kappa shape index (κ2) is 6.11. The number of benzene rings is 1. The Bertz CT molecular complexity index is 724. The lowest BCUT2D eigenvalue weighted by Gasteiger charge is -2.00. The van der Waals surface area contributed by atoms with Crippen molar-refractivity contribution in [2.24, 2.45) is 4.99 Å². The summed E-state index contributed by atoms with van der Waals surface area (Å²) in [7, 11) is 1.61. The Morgan fingerprint density at radius 3 is 3.10 bits per heavy atom. The van der Waals surface area contributed by atoms with Crippen LogP contribution in [0.2, 0.25) is 0 Å². The maximum Gasteiger partial charge on any atom is 0.264 e. The third-order valence-electron chi connectivity index (χ3n) is 2.66. The minimum absolute atomic E-state index is 0.155. The summed E-state index contributed by atoms with van der Waals surface area (Å²) in [6.07, 6.45) is 3.49. The van der Waals surface area contributed by atoms with Gasteiger partial charge < -0.3 is 10.1 Å². The van der Waals surface area contributed by atoms with Gasteiger partial charge in [0, 0.05) is 11.6 Å². The highest BCUT2D eigenvalue weighted by Crippen LogP contribution is 2.29. The monoisotopic (exact) mass is 317 g/mol. The van der Waals surface area contributed by atoms with Gasteiger partial charge in [0.05, 0.1) is 12.0 Å². The van der Waals surface area contributed by atoms with Crippen LogP contribution < -0.4 is 10.1 Å². The van der Waals surface area contributed by atoms with Crippen LogP contribution in [0.25, 0.3) is 6.08 Å². The van der Waals surface area contributed by atoms with Gasteiger partial charge in [-0.15, -0.1) is 11.3 Å². The summed E-state index contributed by atoms with van der Waals surface area (Å²) in [6, 6.07) is 7.53. The molecule has 0 atom stereocenters. The van der Waals surface area contributed by atoms with Crippen molar-refractivity contribution in [3.05, 3.63) is 46.3 Å². The van der Waals surface area contributed by atoms with E-state index in [0.717, 1.165) is 11.3 Å². The fraction of sp³-hybridized carbons (Fsp3) is 0.0714. The van der Waals surface area contributed by atoms with Crippen LogP contribution in [0.4, 0.5) is 5.13 Å². The zero-order chi connectivity index (χ0) is 14.7. The molecule has 1 aromatic carbocycles. The number of aromatic nitrogens is 1. The quantitative estimate of drug-likeness (QED) is 0.884. The zero-order valence-corrected chi connectivity index (χ0v) is 12.7. The predicted molar refractivity (Wildman–Crippen MR) is 85.9 cm³/mol. The number of hydrogen-bond donors (Lipinski definition) is 1. The summed E-state index contributed by atoms with van der Waals surface area (Å²) >= 11 is 2.72. The lowest BCUT2D eigenvalue weighted by Crippen LogP contribution is -2.19. The van der Waals surface area contributed by atoms with Gasteiger partial charge in [-0.3, -0.25) is 4.79 Å². The molecule has 0 saturated carbocycles. The van der Waals surface area contributed by atoms with Crippen LogP contribution in [0.15, 0.2) is 45.7 Å². The van der Waals surface area contributed by atoms with Crippen molar-refractivity contribution in [1.29, 1.82) is 0 Å². The van der Waals surface area contributed by atoms with Gasteiger partial charge in [0.1, 0.15) is 5.75 Å². The van der Waals surface area contributed by atoms with Crippen LogP contribution >= 0.6 is 23.1 Å². The van der Waals surface area contributed by atoms with Crippen LogP contribution in [-0.2, 0) is 4.79 Å². The molecular weight excluding hydrogens is 306 g/mol. The lowest BCUT2D eigenvalue weighted by atomic mass is 10.2. The van der Waals surface area contributed by atoms with Gasteiger partial charge >= 0.3 is 0 Å². The van der Waals surface area contributed by atoms with E-state index in [1.54, 1.807) is 13.3 Å². The van der Waals surface area contributed by atoms with Gasteiger partial charge in [-0.05, 0) is 35.5 Å². The number of nitrogens with zero attached hydrogens (tertiary/aromatic N) is 2. The van der Waals surface area contributed by atoms with Crippen molar-refractivity contribution in [3.63, 3.8) is 0 Å².